The van der Waals surface area contributed by atoms with Gasteiger partial charge in [-0.1, -0.05) is 6.07 Å². The van der Waals surface area contributed by atoms with Crippen molar-refractivity contribution in [3.05, 3.63) is 53.6 Å². The van der Waals surface area contributed by atoms with Crippen LogP contribution in [-0.2, 0) is 19.1 Å². The van der Waals surface area contributed by atoms with Gasteiger partial charge in [0.05, 0.1) is 38.1 Å². The summed E-state index contributed by atoms with van der Waals surface area (Å²) in [6.45, 7) is 0. The molecule has 0 radical (unpaired) electrons. The minimum Gasteiger partial charge on any atom is -0.497 e. The first-order valence-corrected chi connectivity index (χ1v) is 7.96. The zero-order valence-corrected chi connectivity index (χ0v) is 15.4. The summed E-state index contributed by atoms with van der Waals surface area (Å²) in [5.74, 6) is -2.95. The van der Waals surface area contributed by atoms with Crippen molar-refractivity contribution in [3.63, 3.8) is 0 Å². The largest absolute Gasteiger partial charge is 0.497 e. The predicted octanol–water partition coefficient (Wildman–Crippen LogP) is 1.85. The monoisotopic (exact) mass is 386 g/mol. The summed E-state index contributed by atoms with van der Waals surface area (Å²) >= 11 is 0. The molecule has 0 unspecified atom stereocenters. The summed E-state index contributed by atoms with van der Waals surface area (Å²) in [5, 5.41) is 4.71. The van der Waals surface area contributed by atoms with Crippen molar-refractivity contribution in [3.8, 4) is 5.75 Å². The Balaban J connectivity index is 2.23. The van der Waals surface area contributed by atoms with Gasteiger partial charge < -0.3 is 24.8 Å². The fourth-order valence-corrected chi connectivity index (χ4v) is 2.25. The number of carbonyl (C=O) groups excluding carboxylic acids is 4. The summed E-state index contributed by atoms with van der Waals surface area (Å²) in [7, 11) is 3.82. The lowest BCUT2D eigenvalue weighted by Gasteiger charge is -2.12. The van der Waals surface area contributed by atoms with Crippen LogP contribution in [0.4, 0.5) is 11.4 Å². The molecule has 0 atom stereocenters. The van der Waals surface area contributed by atoms with Crippen LogP contribution in [0.2, 0.25) is 0 Å². The molecule has 146 valence electrons. The van der Waals surface area contributed by atoms with Gasteiger partial charge in [0.15, 0.2) is 0 Å². The van der Waals surface area contributed by atoms with Crippen molar-refractivity contribution in [1.29, 1.82) is 0 Å². The summed E-state index contributed by atoms with van der Waals surface area (Å²) in [6, 6.07) is 10.3. The molecule has 0 spiro atoms. The van der Waals surface area contributed by atoms with E-state index in [2.05, 4.69) is 20.1 Å². The highest BCUT2D eigenvalue weighted by molar-refractivity contribution is 6.44. The van der Waals surface area contributed by atoms with E-state index in [-0.39, 0.29) is 16.8 Å². The van der Waals surface area contributed by atoms with E-state index in [9.17, 15) is 19.2 Å². The van der Waals surface area contributed by atoms with Crippen LogP contribution < -0.4 is 15.4 Å². The minimum absolute atomic E-state index is 0.0299. The third-order valence-electron chi connectivity index (χ3n) is 3.63. The third-order valence-corrected chi connectivity index (χ3v) is 3.63. The Kier molecular flexibility index (Phi) is 6.69. The summed E-state index contributed by atoms with van der Waals surface area (Å²) in [5.41, 5.74) is 0.327. The molecule has 0 aromatic heterocycles. The average molecular weight is 386 g/mol. The fraction of sp³-hybridized carbons (Fsp3) is 0.158. The number of ether oxygens (including phenoxy) is 3. The number of esters is 2. The molecular weight excluding hydrogens is 368 g/mol. The van der Waals surface area contributed by atoms with Crippen LogP contribution in [-0.4, -0.2) is 45.1 Å². The molecule has 2 amide bonds. The van der Waals surface area contributed by atoms with Crippen LogP contribution in [0.5, 0.6) is 5.75 Å². The van der Waals surface area contributed by atoms with Crippen LogP contribution in [0.15, 0.2) is 42.5 Å². The number of anilines is 2. The average Bonchev–Trinajstić information content (AvgIpc) is 2.72. The van der Waals surface area contributed by atoms with Gasteiger partial charge in [-0.2, -0.15) is 0 Å². The Morgan fingerprint density at radius 2 is 1.46 bits per heavy atom. The molecule has 0 aliphatic heterocycles. The maximum atomic E-state index is 12.3. The maximum absolute atomic E-state index is 12.3. The summed E-state index contributed by atoms with van der Waals surface area (Å²) in [4.78, 5) is 48.0. The minimum atomic E-state index is -1.05. The van der Waals surface area contributed by atoms with E-state index < -0.39 is 23.8 Å². The molecule has 0 heterocycles. The zero-order valence-electron chi connectivity index (χ0n) is 15.4. The molecule has 2 N–H and O–H groups in total. The molecular formula is C19H18N2O7. The SMILES string of the molecule is COC(=O)c1ccc(C(=O)OC)c(NC(=O)C(=O)Nc2cccc(OC)c2)c1. The number of hydrogen-bond donors (Lipinski definition) is 2. The summed E-state index contributed by atoms with van der Waals surface area (Å²) in [6.07, 6.45) is 0. The van der Waals surface area contributed by atoms with E-state index in [1.165, 1.54) is 38.5 Å². The second-order valence-corrected chi connectivity index (χ2v) is 5.38. The number of hydrogen-bond acceptors (Lipinski definition) is 7. The molecule has 28 heavy (non-hydrogen) atoms. The Hall–Kier alpha value is -3.88. The number of rotatable bonds is 5. The first-order valence-electron chi connectivity index (χ1n) is 7.96. The third kappa shape index (κ3) is 4.85. The van der Waals surface area contributed by atoms with E-state index in [0.717, 1.165) is 7.11 Å². The van der Waals surface area contributed by atoms with Gasteiger partial charge in [0.1, 0.15) is 5.75 Å². The number of nitrogens with one attached hydrogen (secondary N) is 2. The van der Waals surface area contributed by atoms with Crippen molar-refractivity contribution in [2.75, 3.05) is 32.0 Å². The van der Waals surface area contributed by atoms with Crippen molar-refractivity contribution in [2.24, 2.45) is 0 Å². The standard InChI is InChI=1S/C19H18N2O7/c1-26-13-6-4-5-12(10-13)20-16(22)17(23)21-15-9-11(18(24)27-2)7-8-14(15)19(25)28-3/h4-10H,1-3H3,(H,20,22)(H,21,23). The summed E-state index contributed by atoms with van der Waals surface area (Å²) < 4.78 is 14.3. The highest BCUT2D eigenvalue weighted by Crippen LogP contribution is 2.20. The Labute approximate surface area is 160 Å². The lowest BCUT2D eigenvalue weighted by atomic mass is 10.1. The van der Waals surface area contributed by atoms with Gasteiger partial charge in [0.25, 0.3) is 0 Å². The van der Waals surface area contributed by atoms with Gasteiger partial charge in [-0.05, 0) is 30.3 Å². The number of carbonyl (C=O) groups is 4. The first-order chi connectivity index (χ1) is 13.4. The molecule has 0 aliphatic rings. The quantitative estimate of drug-likeness (QED) is 0.594. The first kappa shape index (κ1) is 20.4. The van der Waals surface area contributed by atoms with Crippen LogP contribution in [0.3, 0.4) is 0 Å². The molecule has 9 nitrogen and oxygen atoms in total. The van der Waals surface area contributed by atoms with Gasteiger partial charge in [-0.3, -0.25) is 9.59 Å². The van der Waals surface area contributed by atoms with Crippen LogP contribution in [0.1, 0.15) is 20.7 Å². The Morgan fingerprint density at radius 1 is 0.786 bits per heavy atom. The van der Waals surface area contributed by atoms with E-state index in [1.807, 2.05) is 0 Å². The highest BCUT2D eigenvalue weighted by atomic mass is 16.5. The second kappa shape index (κ2) is 9.17. The molecule has 9 heteroatoms. The number of benzene rings is 2. The Morgan fingerprint density at radius 3 is 2.11 bits per heavy atom. The molecule has 0 saturated heterocycles. The van der Waals surface area contributed by atoms with Gasteiger partial charge in [0.2, 0.25) is 0 Å². The van der Waals surface area contributed by atoms with E-state index in [1.54, 1.807) is 18.2 Å². The lowest BCUT2D eigenvalue weighted by Crippen LogP contribution is -2.30. The van der Waals surface area contributed by atoms with Crippen molar-refractivity contribution >= 4 is 35.1 Å². The second-order valence-electron chi connectivity index (χ2n) is 5.38. The fourth-order valence-electron chi connectivity index (χ4n) is 2.25. The van der Waals surface area contributed by atoms with Crippen molar-refractivity contribution in [2.45, 2.75) is 0 Å². The predicted molar refractivity (Wildman–Crippen MR) is 99.4 cm³/mol. The normalized spacial score (nSPS) is 9.82. The molecule has 2 aromatic rings. The molecule has 2 rings (SSSR count). The van der Waals surface area contributed by atoms with E-state index in [4.69, 9.17) is 4.74 Å². The lowest BCUT2D eigenvalue weighted by molar-refractivity contribution is -0.133. The molecule has 0 aliphatic carbocycles. The smallest absolute Gasteiger partial charge is 0.339 e. The molecule has 0 saturated carbocycles. The zero-order chi connectivity index (χ0) is 20.7. The van der Waals surface area contributed by atoms with E-state index in [0.29, 0.717) is 11.4 Å². The van der Waals surface area contributed by atoms with Gasteiger partial charge in [-0.25, -0.2) is 9.59 Å². The molecule has 2 aromatic carbocycles. The molecule has 0 bridgehead atoms. The van der Waals surface area contributed by atoms with Gasteiger partial charge in [0, 0.05) is 11.8 Å². The maximum Gasteiger partial charge on any atom is 0.339 e. The van der Waals surface area contributed by atoms with Crippen LogP contribution in [0.25, 0.3) is 0 Å². The Bertz CT molecular complexity index is 924. The van der Waals surface area contributed by atoms with Crippen LogP contribution in [0, 0.1) is 0 Å². The van der Waals surface area contributed by atoms with Crippen LogP contribution >= 0.6 is 0 Å². The highest BCUT2D eigenvalue weighted by Gasteiger charge is 2.20. The molecule has 0 fully saturated rings. The van der Waals surface area contributed by atoms with Crippen molar-refractivity contribution < 1.29 is 33.4 Å². The van der Waals surface area contributed by atoms with Gasteiger partial charge in [-0.15, -0.1) is 0 Å². The van der Waals surface area contributed by atoms with E-state index >= 15 is 0 Å². The topological polar surface area (TPSA) is 120 Å². The van der Waals surface area contributed by atoms with Crippen molar-refractivity contribution in [1.82, 2.24) is 0 Å². The number of methoxy groups -OCH3 is 3. The number of amides is 2. The van der Waals surface area contributed by atoms with Gasteiger partial charge >= 0.3 is 23.8 Å².